The van der Waals surface area contributed by atoms with Crippen LogP contribution in [0.3, 0.4) is 0 Å². The van der Waals surface area contributed by atoms with E-state index in [2.05, 4.69) is 54.0 Å². The highest BCUT2D eigenvalue weighted by atomic mass is 14.9. The van der Waals surface area contributed by atoms with Gasteiger partial charge in [-0.05, 0) is 44.2 Å². The highest BCUT2D eigenvalue weighted by molar-refractivity contribution is 5.53. The van der Waals surface area contributed by atoms with Gasteiger partial charge in [-0.2, -0.15) is 0 Å². The van der Waals surface area contributed by atoms with E-state index in [0.29, 0.717) is 5.92 Å². The highest BCUT2D eigenvalue weighted by Crippen LogP contribution is 2.25. The Balaban J connectivity index is 2.53. The third-order valence-corrected chi connectivity index (χ3v) is 3.25. The van der Waals surface area contributed by atoms with Crippen molar-refractivity contribution in [2.24, 2.45) is 0 Å². The van der Waals surface area contributed by atoms with Crippen molar-refractivity contribution in [2.75, 3.05) is 13.6 Å². The largest absolute Gasteiger partial charge is 0.320 e. The molecule has 0 bridgehead atoms. The van der Waals surface area contributed by atoms with Gasteiger partial charge in [0.15, 0.2) is 0 Å². The summed E-state index contributed by atoms with van der Waals surface area (Å²) in [6, 6.07) is 8.63. The molecule has 0 saturated heterocycles. The fourth-order valence-corrected chi connectivity index (χ4v) is 2.48. The third-order valence-electron chi connectivity index (χ3n) is 3.25. The molecule has 2 rings (SSSR count). The second kappa shape index (κ2) is 4.71. The number of fused-ring (bicyclic) bond motifs is 1. The van der Waals surface area contributed by atoms with Gasteiger partial charge in [0.2, 0.25) is 0 Å². The van der Waals surface area contributed by atoms with E-state index in [1.54, 1.807) is 0 Å². The lowest BCUT2D eigenvalue weighted by Crippen LogP contribution is -2.18. The van der Waals surface area contributed by atoms with Crippen molar-refractivity contribution >= 4 is 5.52 Å². The molecule has 2 nitrogen and oxygen atoms in total. The summed E-state index contributed by atoms with van der Waals surface area (Å²) >= 11 is 0. The molecule has 0 radical (unpaired) electrons. The molecular formula is C14H20N2. The van der Waals surface area contributed by atoms with E-state index in [9.17, 15) is 0 Å². The Bertz CT molecular complexity index is 471. The predicted molar refractivity (Wildman–Crippen MR) is 69.1 cm³/mol. The Kier molecular flexibility index (Phi) is 3.30. The lowest BCUT2D eigenvalue weighted by Gasteiger charge is -2.16. The van der Waals surface area contributed by atoms with E-state index in [1.165, 1.54) is 23.2 Å². The van der Waals surface area contributed by atoms with Crippen molar-refractivity contribution in [3.63, 3.8) is 0 Å². The summed E-state index contributed by atoms with van der Waals surface area (Å²) in [5, 5.41) is 3.29. The van der Waals surface area contributed by atoms with Gasteiger partial charge in [-0.15, -0.1) is 0 Å². The van der Waals surface area contributed by atoms with Crippen LogP contribution in [0.5, 0.6) is 0 Å². The lowest BCUT2D eigenvalue weighted by atomic mass is 9.99. The number of likely N-dealkylation sites (N-methyl/N-ethyl adjacent to an activating group) is 1. The van der Waals surface area contributed by atoms with Crippen LogP contribution in [0.2, 0.25) is 0 Å². The Morgan fingerprint density at radius 1 is 1.38 bits per heavy atom. The number of nitrogens with one attached hydrogen (secondary N) is 1. The van der Waals surface area contributed by atoms with Gasteiger partial charge in [-0.3, -0.25) is 0 Å². The molecule has 0 aliphatic heterocycles. The van der Waals surface area contributed by atoms with Crippen LogP contribution in [0.25, 0.3) is 5.52 Å². The average Bonchev–Trinajstić information content (AvgIpc) is 2.62. The molecule has 2 aromatic rings. The second-order valence-electron chi connectivity index (χ2n) is 4.37. The first-order valence-corrected chi connectivity index (χ1v) is 5.99. The van der Waals surface area contributed by atoms with Crippen molar-refractivity contribution in [3.05, 3.63) is 41.7 Å². The topological polar surface area (TPSA) is 16.4 Å². The molecule has 0 amide bonds. The van der Waals surface area contributed by atoms with Gasteiger partial charge in [0, 0.05) is 29.9 Å². The van der Waals surface area contributed by atoms with Crippen LogP contribution in [0.1, 0.15) is 30.5 Å². The molecule has 2 aromatic heterocycles. The van der Waals surface area contributed by atoms with Crippen molar-refractivity contribution in [3.8, 4) is 0 Å². The Labute approximate surface area is 97.3 Å². The van der Waals surface area contributed by atoms with Crippen LogP contribution < -0.4 is 5.32 Å². The molecule has 0 aliphatic rings. The molecule has 0 aliphatic carbocycles. The molecular weight excluding hydrogens is 196 g/mol. The molecule has 0 spiro atoms. The number of pyridine rings is 1. The normalized spacial score (nSPS) is 13.2. The van der Waals surface area contributed by atoms with Crippen molar-refractivity contribution < 1.29 is 0 Å². The maximum absolute atomic E-state index is 3.29. The van der Waals surface area contributed by atoms with E-state index < -0.39 is 0 Å². The maximum Gasteiger partial charge on any atom is 0.0455 e. The van der Waals surface area contributed by atoms with Crippen LogP contribution in [-0.2, 0) is 0 Å². The van der Waals surface area contributed by atoms with E-state index in [4.69, 9.17) is 0 Å². The molecule has 1 unspecified atom stereocenters. The zero-order valence-corrected chi connectivity index (χ0v) is 10.3. The lowest BCUT2D eigenvalue weighted by molar-refractivity contribution is 0.590. The zero-order chi connectivity index (χ0) is 11.5. The molecule has 86 valence electrons. The standard InChI is InChI=1S/C14H20N2/c1-4-12(10-15-3)14-11(2)9-13-7-5-6-8-16(13)14/h5-9,12,15H,4,10H2,1-3H3. The van der Waals surface area contributed by atoms with Crippen molar-refractivity contribution in [2.45, 2.75) is 26.2 Å². The fourth-order valence-electron chi connectivity index (χ4n) is 2.48. The SMILES string of the molecule is CCC(CNC)c1c(C)cc2ccccn12. The van der Waals surface area contributed by atoms with E-state index in [0.717, 1.165) is 6.54 Å². The molecule has 1 N–H and O–H groups in total. The minimum atomic E-state index is 0.592. The zero-order valence-electron chi connectivity index (χ0n) is 10.3. The number of hydrogen-bond acceptors (Lipinski definition) is 1. The minimum Gasteiger partial charge on any atom is -0.320 e. The number of rotatable bonds is 4. The number of aromatic nitrogens is 1. The van der Waals surface area contributed by atoms with Gasteiger partial charge in [0.1, 0.15) is 0 Å². The van der Waals surface area contributed by atoms with Crippen LogP contribution in [0, 0.1) is 6.92 Å². The maximum atomic E-state index is 3.29. The Morgan fingerprint density at radius 2 is 2.19 bits per heavy atom. The summed E-state index contributed by atoms with van der Waals surface area (Å²) in [5.41, 5.74) is 4.14. The van der Waals surface area contributed by atoms with Crippen molar-refractivity contribution in [1.82, 2.24) is 9.72 Å². The van der Waals surface area contributed by atoms with Gasteiger partial charge in [0.25, 0.3) is 0 Å². The summed E-state index contributed by atoms with van der Waals surface area (Å²) in [6.07, 6.45) is 3.33. The predicted octanol–water partition coefficient (Wildman–Crippen LogP) is 2.96. The molecule has 16 heavy (non-hydrogen) atoms. The first kappa shape index (κ1) is 11.2. The van der Waals surface area contributed by atoms with Crippen molar-refractivity contribution in [1.29, 1.82) is 0 Å². The summed E-state index contributed by atoms with van der Waals surface area (Å²) in [4.78, 5) is 0. The summed E-state index contributed by atoms with van der Waals surface area (Å²) in [7, 11) is 2.02. The molecule has 2 heteroatoms. The van der Waals surface area contributed by atoms with Gasteiger partial charge >= 0.3 is 0 Å². The monoisotopic (exact) mass is 216 g/mol. The second-order valence-corrected chi connectivity index (χ2v) is 4.37. The molecule has 0 fully saturated rings. The third kappa shape index (κ3) is 1.85. The Morgan fingerprint density at radius 3 is 2.88 bits per heavy atom. The van der Waals surface area contributed by atoms with E-state index in [-0.39, 0.29) is 0 Å². The quantitative estimate of drug-likeness (QED) is 0.831. The molecule has 2 heterocycles. The highest BCUT2D eigenvalue weighted by Gasteiger charge is 2.15. The van der Waals surface area contributed by atoms with Gasteiger partial charge in [-0.25, -0.2) is 0 Å². The first-order chi connectivity index (χ1) is 7.77. The summed E-state index contributed by atoms with van der Waals surface area (Å²) in [5.74, 6) is 0.592. The average molecular weight is 216 g/mol. The summed E-state index contributed by atoms with van der Waals surface area (Å²) in [6.45, 7) is 5.50. The number of nitrogens with zero attached hydrogens (tertiary/aromatic N) is 1. The summed E-state index contributed by atoms with van der Waals surface area (Å²) < 4.78 is 2.32. The van der Waals surface area contributed by atoms with Crippen LogP contribution in [0.4, 0.5) is 0 Å². The van der Waals surface area contributed by atoms with Crippen LogP contribution >= 0.6 is 0 Å². The Hall–Kier alpha value is -1.28. The number of hydrogen-bond donors (Lipinski definition) is 1. The first-order valence-electron chi connectivity index (χ1n) is 5.99. The number of aryl methyl sites for hydroxylation is 1. The fraction of sp³-hybridized carbons (Fsp3) is 0.429. The van der Waals surface area contributed by atoms with Gasteiger partial charge in [-0.1, -0.05) is 13.0 Å². The molecule has 1 atom stereocenters. The van der Waals surface area contributed by atoms with E-state index in [1.807, 2.05) is 7.05 Å². The van der Waals surface area contributed by atoms with Crippen LogP contribution in [0.15, 0.2) is 30.5 Å². The molecule has 0 saturated carbocycles. The smallest absolute Gasteiger partial charge is 0.0455 e. The van der Waals surface area contributed by atoms with Gasteiger partial charge in [0.05, 0.1) is 0 Å². The van der Waals surface area contributed by atoms with Gasteiger partial charge < -0.3 is 9.72 Å². The molecule has 0 aromatic carbocycles. The van der Waals surface area contributed by atoms with E-state index >= 15 is 0 Å². The minimum absolute atomic E-state index is 0.592. The van der Waals surface area contributed by atoms with Crippen LogP contribution in [-0.4, -0.2) is 18.0 Å².